The molecule has 6 nitrogen and oxygen atoms in total. The van der Waals surface area contributed by atoms with Gasteiger partial charge in [-0.3, -0.25) is 14.4 Å². The summed E-state index contributed by atoms with van der Waals surface area (Å²) in [5, 5.41) is 0. The van der Waals surface area contributed by atoms with E-state index in [1.54, 1.807) is 18.2 Å². The smallest absolute Gasteiger partial charge is 0.308 e. The van der Waals surface area contributed by atoms with Crippen molar-refractivity contribution in [3.63, 3.8) is 0 Å². The molecule has 1 aliphatic heterocycles. The van der Waals surface area contributed by atoms with Crippen LogP contribution in [0.25, 0.3) is 0 Å². The molecule has 1 heterocycles. The predicted molar refractivity (Wildman–Crippen MR) is 119 cm³/mol. The summed E-state index contributed by atoms with van der Waals surface area (Å²) in [6.07, 6.45) is 0.849. The number of amides is 2. The van der Waals surface area contributed by atoms with Gasteiger partial charge in [0.15, 0.2) is 0 Å². The van der Waals surface area contributed by atoms with Gasteiger partial charge < -0.3 is 9.53 Å². The minimum Gasteiger partial charge on any atom is -0.427 e. The molecule has 3 aromatic rings. The summed E-state index contributed by atoms with van der Waals surface area (Å²) in [6.45, 7) is 1.29. The lowest BCUT2D eigenvalue weighted by molar-refractivity contribution is -0.132. The lowest BCUT2D eigenvalue weighted by Gasteiger charge is -2.51. The summed E-state index contributed by atoms with van der Waals surface area (Å²) in [7, 11) is 0. The fraction of sp³-hybridized carbons (Fsp3) is 0.185. The Hall–Kier alpha value is -4.06. The van der Waals surface area contributed by atoms with Gasteiger partial charge in [-0.05, 0) is 34.4 Å². The second kappa shape index (κ2) is 6.72. The van der Waals surface area contributed by atoms with Crippen LogP contribution >= 0.6 is 0 Å². The van der Waals surface area contributed by atoms with Crippen molar-refractivity contribution in [2.24, 2.45) is 11.8 Å². The van der Waals surface area contributed by atoms with Crippen molar-refractivity contribution >= 4 is 29.8 Å². The Morgan fingerprint density at radius 2 is 1.55 bits per heavy atom. The molecule has 2 atom stereocenters. The zero-order chi connectivity index (χ0) is 22.9. The normalized spacial score (nSPS) is 26.5. The molecule has 3 aliphatic carbocycles. The number of nitrogens with zero attached hydrogens (tertiary/aromatic N) is 1. The Morgan fingerprint density at radius 1 is 0.909 bits per heavy atom. The third kappa shape index (κ3) is 2.38. The SMILES string of the molecule is CC(=O)Oc1cccc(N2C(=O)[C@@H]3[C@@H](C2=O)C2c4ccccc4C3(C=O)c3ccccc32)c1. The number of carbonyl (C=O) groups excluding carboxylic acids is 4. The molecule has 2 bridgehead atoms. The number of ether oxygens (including phenoxy) is 1. The first-order valence-corrected chi connectivity index (χ1v) is 10.8. The maximum Gasteiger partial charge on any atom is 0.308 e. The number of esters is 1. The lowest BCUT2D eigenvalue weighted by Crippen LogP contribution is -2.54. The molecule has 0 radical (unpaired) electrons. The van der Waals surface area contributed by atoms with Crippen LogP contribution in [0.1, 0.15) is 35.1 Å². The van der Waals surface area contributed by atoms with Crippen molar-refractivity contribution in [1.29, 1.82) is 0 Å². The van der Waals surface area contributed by atoms with Gasteiger partial charge in [-0.15, -0.1) is 0 Å². The zero-order valence-corrected chi connectivity index (χ0v) is 17.7. The first-order valence-electron chi connectivity index (χ1n) is 10.8. The van der Waals surface area contributed by atoms with Crippen LogP contribution in [-0.2, 0) is 24.6 Å². The third-order valence-corrected chi connectivity index (χ3v) is 7.21. The summed E-state index contributed by atoms with van der Waals surface area (Å²) in [5.74, 6) is -2.85. The van der Waals surface area contributed by atoms with Crippen molar-refractivity contribution in [2.45, 2.75) is 18.3 Å². The molecule has 6 heteroatoms. The lowest BCUT2D eigenvalue weighted by atomic mass is 9.48. The summed E-state index contributed by atoms with van der Waals surface area (Å²) >= 11 is 0. The van der Waals surface area contributed by atoms with Crippen molar-refractivity contribution in [1.82, 2.24) is 0 Å². The number of anilines is 1. The van der Waals surface area contributed by atoms with Gasteiger partial charge in [-0.2, -0.15) is 0 Å². The van der Waals surface area contributed by atoms with Gasteiger partial charge >= 0.3 is 5.97 Å². The van der Waals surface area contributed by atoms with E-state index in [9.17, 15) is 19.2 Å². The van der Waals surface area contributed by atoms with E-state index in [0.717, 1.165) is 33.4 Å². The van der Waals surface area contributed by atoms with Crippen LogP contribution in [0, 0.1) is 11.8 Å². The quantitative estimate of drug-likeness (QED) is 0.272. The predicted octanol–water partition coefficient (Wildman–Crippen LogP) is 3.36. The number of hydrogen-bond donors (Lipinski definition) is 0. The highest BCUT2D eigenvalue weighted by atomic mass is 16.5. The summed E-state index contributed by atoms with van der Waals surface area (Å²) in [5.41, 5.74) is 2.51. The van der Waals surface area contributed by atoms with E-state index >= 15 is 0 Å². The molecule has 0 spiro atoms. The number of imide groups is 1. The first kappa shape index (κ1) is 19.6. The molecular weight excluding hydrogens is 418 g/mol. The summed E-state index contributed by atoms with van der Waals surface area (Å²) in [4.78, 5) is 53.2. The molecule has 33 heavy (non-hydrogen) atoms. The third-order valence-electron chi connectivity index (χ3n) is 7.21. The van der Waals surface area contributed by atoms with Crippen LogP contribution in [0.15, 0.2) is 72.8 Å². The number of benzene rings is 3. The Labute approximate surface area is 189 Å². The second-order valence-electron chi connectivity index (χ2n) is 8.75. The van der Waals surface area contributed by atoms with Crippen molar-refractivity contribution < 1.29 is 23.9 Å². The standard InChI is InChI=1S/C27H19NO5/c1-15(30)33-17-8-6-7-16(13-17)28-25(31)23-22-18-9-2-4-11-20(18)27(14-29,24(23)26(28)32)21-12-5-3-10-19(21)22/h2-14,22-24H,1H3/t22?,23-,24-,27?/m0/s1. The van der Waals surface area contributed by atoms with Crippen molar-refractivity contribution in [2.75, 3.05) is 4.90 Å². The van der Waals surface area contributed by atoms with Crippen molar-refractivity contribution in [3.8, 4) is 5.75 Å². The molecule has 0 N–H and O–H groups in total. The molecule has 7 rings (SSSR count). The fourth-order valence-electron chi connectivity index (χ4n) is 6.14. The molecule has 1 fully saturated rings. The van der Waals surface area contributed by atoms with Gasteiger partial charge in [0, 0.05) is 18.9 Å². The Morgan fingerprint density at radius 3 is 2.15 bits per heavy atom. The Kier molecular flexibility index (Phi) is 3.99. The topological polar surface area (TPSA) is 80.8 Å². The van der Waals surface area contributed by atoms with Gasteiger partial charge in [-0.25, -0.2) is 4.90 Å². The molecule has 1 saturated heterocycles. The minimum absolute atomic E-state index is 0.245. The fourth-order valence-corrected chi connectivity index (χ4v) is 6.14. The van der Waals surface area contributed by atoms with Gasteiger partial charge in [0.2, 0.25) is 11.8 Å². The van der Waals surface area contributed by atoms with Crippen LogP contribution in [0.3, 0.4) is 0 Å². The molecule has 0 unspecified atom stereocenters. The highest BCUT2D eigenvalue weighted by Crippen LogP contribution is 2.63. The maximum absolute atomic E-state index is 13.9. The monoisotopic (exact) mass is 437 g/mol. The average molecular weight is 437 g/mol. The van der Waals surface area contributed by atoms with Gasteiger partial charge in [0.25, 0.3) is 0 Å². The number of aldehydes is 1. The Balaban J connectivity index is 1.57. The first-order chi connectivity index (χ1) is 16.0. The highest BCUT2D eigenvalue weighted by Gasteiger charge is 2.68. The number of rotatable bonds is 3. The maximum atomic E-state index is 13.9. The molecule has 162 valence electrons. The van der Waals surface area contributed by atoms with Crippen LogP contribution in [0.5, 0.6) is 5.75 Å². The number of hydrogen-bond acceptors (Lipinski definition) is 5. The molecular formula is C27H19NO5. The summed E-state index contributed by atoms with van der Waals surface area (Å²) in [6, 6.07) is 21.6. The molecule has 0 aromatic heterocycles. The number of carbonyl (C=O) groups is 4. The highest BCUT2D eigenvalue weighted by molar-refractivity contribution is 6.24. The largest absolute Gasteiger partial charge is 0.427 e. The van der Waals surface area contributed by atoms with E-state index in [0.29, 0.717) is 5.69 Å². The average Bonchev–Trinajstić information content (AvgIpc) is 3.09. The van der Waals surface area contributed by atoms with Gasteiger partial charge in [-0.1, -0.05) is 54.6 Å². The van der Waals surface area contributed by atoms with E-state index in [1.165, 1.54) is 13.0 Å². The van der Waals surface area contributed by atoms with Gasteiger partial charge in [0.05, 0.1) is 22.9 Å². The van der Waals surface area contributed by atoms with E-state index in [-0.39, 0.29) is 17.6 Å². The van der Waals surface area contributed by atoms with Crippen LogP contribution in [-0.4, -0.2) is 24.1 Å². The van der Waals surface area contributed by atoms with Crippen LogP contribution in [0.4, 0.5) is 5.69 Å². The van der Waals surface area contributed by atoms with E-state index in [1.807, 2.05) is 48.5 Å². The van der Waals surface area contributed by atoms with Crippen molar-refractivity contribution in [3.05, 3.63) is 95.1 Å². The molecule has 4 aliphatic rings. The zero-order valence-electron chi connectivity index (χ0n) is 17.7. The van der Waals surface area contributed by atoms with E-state index in [4.69, 9.17) is 4.74 Å². The second-order valence-corrected chi connectivity index (χ2v) is 8.75. The van der Waals surface area contributed by atoms with Crippen LogP contribution < -0.4 is 9.64 Å². The van der Waals surface area contributed by atoms with E-state index in [2.05, 4.69) is 0 Å². The van der Waals surface area contributed by atoms with Crippen LogP contribution in [0.2, 0.25) is 0 Å². The molecule has 0 saturated carbocycles. The Bertz CT molecular complexity index is 1330. The summed E-state index contributed by atoms with van der Waals surface area (Å²) < 4.78 is 5.16. The molecule has 2 amide bonds. The molecule has 3 aromatic carbocycles. The van der Waals surface area contributed by atoms with Gasteiger partial charge in [0.1, 0.15) is 12.0 Å². The minimum atomic E-state index is -1.23. The van der Waals surface area contributed by atoms with E-state index < -0.39 is 29.1 Å².